The summed E-state index contributed by atoms with van der Waals surface area (Å²) in [4.78, 5) is 50.1. The SMILES string of the molecule is Nc1nc(CC=C(CO)COP(=O)(O)OP(=O)(O)OP(=O)(O)O)nc2nc[nH]c12. The van der Waals surface area contributed by atoms with Crippen LogP contribution >= 0.6 is 23.5 Å². The van der Waals surface area contributed by atoms with Crippen LogP contribution in [0.3, 0.4) is 0 Å². The van der Waals surface area contributed by atoms with E-state index in [1.165, 1.54) is 12.4 Å². The Balaban J connectivity index is 2.01. The van der Waals surface area contributed by atoms with E-state index in [1.54, 1.807) is 0 Å². The molecule has 2 rings (SSSR count). The van der Waals surface area contributed by atoms with Crippen LogP contribution in [0.15, 0.2) is 18.0 Å². The third kappa shape index (κ3) is 7.66. The number of nitrogens with two attached hydrogens (primary N) is 1. The standard InChI is InChI=1S/C10H16N5O11P3/c11-9-8-10(13-5-12-8)15-7(14-9)2-1-6(3-16)4-24-28(20,21)26-29(22,23)25-27(17,18)19/h1,5,16H,2-4H2,(H,20,21)(H,22,23)(H2,17,18,19)(H3,11,12,13,14,15). The van der Waals surface area contributed by atoms with E-state index in [0.717, 1.165) is 0 Å². The van der Waals surface area contributed by atoms with Crippen molar-refractivity contribution in [2.24, 2.45) is 0 Å². The van der Waals surface area contributed by atoms with Gasteiger partial charge in [0.2, 0.25) is 0 Å². The molecule has 16 nitrogen and oxygen atoms in total. The Morgan fingerprint density at radius 3 is 2.45 bits per heavy atom. The van der Waals surface area contributed by atoms with Crippen molar-refractivity contribution in [3.05, 3.63) is 23.8 Å². The zero-order valence-corrected chi connectivity index (χ0v) is 16.9. The van der Waals surface area contributed by atoms with Crippen molar-refractivity contribution < 1.29 is 51.5 Å². The molecule has 2 aromatic heterocycles. The summed E-state index contributed by atoms with van der Waals surface area (Å²) in [5.41, 5.74) is 6.50. The average Bonchev–Trinajstić information content (AvgIpc) is 3.00. The summed E-state index contributed by atoms with van der Waals surface area (Å²) < 4.78 is 45.0. The number of rotatable bonds is 10. The van der Waals surface area contributed by atoms with Gasteiger partial charge in [0.05, 0.1) is 19.5 Å². The van der Waals surface area contributed by atoms with E-state index in [2.05, 4.69) is 33.1 Å². The van der Waals surface area contributed by atoms with Gasteiger partial charge in [0, 0.05) is 6.42 Å². The van der Waals surface area contributed by atoms with Gasteiger partial charge in [-0.1, -0.05) is 6.08 Å². The molecule has 2 heterocycles. The second-order valence-electron chi connectivity index (χ2n) is 5.22. The number of hydrogen-bond donors (Lipinski definition) is 7. The van der Waals surface area contributed by atoms with Gasteiger partial charge in [-0.25, -0.2) is 28.6 Å². The maximum Gasteiger partial charge on any atom is 0.490 e. The van der Waals surface area contributed by atoms with E-state index in [1.807, 2.05) is 0 Å². The zero-order valence-electron chi connectivity index (χ0n) is 14.2. The van der Waals surface area contributed by atoms with Gasteiger partial charge in [0.15, 0.2) is 11.5 Å². The lowest BCUT2D eigenvalue weighted by atomic mass is 10.2. The number of imidazole rings is 1. The summed E-state index contributed by atoms with van der Waals surface area (Å²) in [6.45, 7) is -1.39. The van der Waals surface area contributed by atoms with Gasteiger partial charge < -0.3 is 35.4 Å². The number of allylic oxidation sites excluding steroid dienone is 1. The molecule has 8 N–H and O–H groups in total. The quantitative estimate of drug-likeness (QED) is 0.172. The van der Waals surface area contributed by atoms with Gasteiger partial charge in [-0.3, -0.25) is 4.52 Å². The molecule has 0 aliphatic rings. The average molecular weight is 475 g/mol. The molecular weight excluding hydrogens is 459 g/mol. The van der Waals surface area contributed by atoms with Gasteiger partial charge in [-0.15, -0.1) is 0 Å². The van der Waals surface area contributed by atoms with E-state index >= 15 is 0 Å². The van der Waals surface area contributed by atoms with Gasteiger partial charge in [-0.05, 0) is 5.57 Å². The summed E-state index contributed by atoms with van der Waals surface area (Å²) in [7, 11) is -16.4. The molecule has 2 atom stereocenters. The fourth-order valence-electron chi connectivity index (χ4n) is 1.87. The van der Waals surface area contributed by atoms with Crippen molar-refractivity contribution in [3.63, 3.8) is 0 Å². The van der Waals surface area contributed by atoms with Gasteiger partial charge in [0.1, 0.15) is 11.3 Å². The van der Waals surface area contributed by atoms with Crippen LogP contribution in [0.2, 0.25) is 0 Å². The fraction of sp³-hybridized carbons (Fsp3) is 0.300. The molecule has 0 aliphatic carbocycles. The smallest absolute Gasteiger partial charge is 0.392 e. The Kier molecular flexibility index (Phi) is 7.43. The number of aromatic amines is 1. The van der Waals surface area contributed by atoms with Gasteiger partial charge >= 0.3 is 23.5 Å². The van der Waals surface area contributed by atoms with Gasteiger partial charge in [0.25, 0.3) is 0 Å². The van der Waals surface area contributed by atoms with Crippen LogP contribution in [-0.2, 0) is 33.3 Å². The predicted octanol–water partition coefficient (Wildman–Crippen LogP) is -0.260. The van der Waals surface area contributed by atoms with Crippen molar-refractivity contribution in [1.29, 1.82) is 0 Å². The van der Waals surface area contributed by atoms with E-state index in [0.29, 0.717) is 11.2 Å². The van der Waals surface area contributed by atoms with Crippen LogP contribution in [0.4, 0.5) is 5.82 Å². The number of nitrogens with one attached hydrogen (secondary N) is 1. The molecule has 0 fully saturated rings. The Labute approximate surface area is 161 Å². The Morgan fingerprint density at radius 1 is 1.14 bits per heavy atom. The van der Waals surface area contributed by atoms with Crippen LogP contribution in [0, 0.1) is 0 Å². The Bertz CT molecular complexity index is 1050. The number of aliphatic hydroxyl groups is 1. The van der Waals surface area contributed by atoms with Crippen LogP contribution in [0.25, 0.3) is 11.2 Å². The van der Waals surface area contributed by atoms with Crippen molar-refractivity contribution >= 4 is 40.4 Å². The monoisotopic (exact) mass is 475 g/mol. The van der Waals surface area contributed by atoms with Crippen LogP contribution < -0.4 is 5.73 Å². The Morgan fingerprint density at radius 2 is 1.83 bits per heavy atom. The summed E-state index contributed by atoms with van der Waals surface area (Å²) in [6, 6.07) is 0. The first-order chi connectivity index (χ1) is 13.3. The maximum atomic E-state index is 11.7. The molecule has 29 heavy (non-hydrogen) atoms. The second-order valence-corrected chi connectivity index (χ2v) is 9.64. The number of anilines is 1. The number of nitrogens with zero attached hydrogens (tertiary/aromatic N) is 3. The molecule has 2 aromatic rings. The molecule has 0 saturated heterocycles. The van der Waals surface area contributed by atoms with E-state index in [-0.39, 0.29) is 23.6 Å². The molecule has 0 spiro atoms. The number of fused-ring (bicyclic) bond motifs is 1. The predicted molar refractivity (Wildman–Crippen MR) is 94.8 cm³/mol. The number of nitrogen functional groups attached to an aromatic ring is 1. The van der Waals surface area contributed by atoms with Crippen molar-refractivity contribution in [2.45, 2.75) is 6.42 Å². The third-order valence-electron chi connectivity index (χ3n) is 2.97. The minimum absolute atomic E-state index is 0.0165. The lowest BCUT2D eigenvalue weighted by Gasteiger charge is -2.16. The van der Waals surface area contributed by atoms with E-state index in [4.69, 9.17) is 20.4 Å². The molecule has 2 unspecified atom stereocenters. The summed E-state index contributed by atoms with van der Waals surface area (Å²) in [5.74, 6) is 0.348. The molecule has 0 saturated carbocycles. The highest BCUT2D eigenvalue weighted by atomic mass is 31.3. The molecule has 162 valence electrons. The topological polar surface area (TPSA) is 261 Å². The number of hydrogen-bond acceptors (Lipinski definition) is 11. The lowest BCUT2D eigenvalue weighted by molar-refractivity contribution is 0.176. The highest BCUT2D eigenvalue weighted by molar-refractivity contribution is 7.66. The highest BCUT2D eigenvalue weighted by Crippen LogP contribution is 2.66. The molecule has 19 heteroatoms. The molecule has 0 aliphatic heterocycles. The number of H-pyrrole nitrogens is 1. The van der Waals surface area contributed by atoms with Crippen molar-refractivity contribution in [1.82, 2.24) is 19.9 Å². The summed E-state index contributed by atoms with van der Waals surface area (Å²) in [5, 5.41) is 9.30. The molecule has 0 radical (unpaired) electrons. The maximum absolute atomic E-state index is 11.7. The van der Waals surface area contributed by atoms with Crippen molar-refractivity contribution in [2.75, 3.05) is 18.9 Å². The summed E-state index contributed by atoms with van der Waals surface area (Å²) >= 11 is 0. The number of phosphoric acid groups is 3. The number of aromatic nitrogens is 4. The van der Waals surface area contributed by atoms with Crippen LogP contribution in [-0.4, -0.2) is 57.8 Å². The third-order valence-corrected chi connectivity index (χ3v) is 6.75. The van der Waals surface area contributed by atoms with Crippen molar-refractivity contribution in [3.8, 4) is 0 Å². The lowest BCUT2D eigenvalue weighted by Crippen LogP contribution is -2.05. The Hall–Kier alpha value is -1.54. The summed E-state index contributed by atoms with van der Waals surface area (Å²) in [6.07, 6.45) is 2.72. The molecule has 0 amide bonds. The van der Waals surface area contributed by atoms with Crippen LogP contribution in [0.5, 0.6) is 0 Å². The first-order valence-corrected chi connectivity index (χ1v) is 11.8. The first-order valence-electron chi connectivity index (χ1n) is 7.33. The van der Waals surface area contributed by atoms with Crippen LogP contribution in [0.1, 0.15) is 5.82 Å². The highest BCUT2D eigenvalue weighted by Gasteiger charge is 2.40. The van der Waals surface area contributed by atoms with Gasteiger partial charge in [-0.2, -0.15) is 8.62 Å². The largest absolute Gasteiger partial charge is 0.490 e. The van der Waals surface area contributed by atoms with E-state index in [9.17, 15) is 23.7 Å². The first kappa shape index (κ1) is 23.7. The number of phosphoric ester groups is 1. The molecule has 0 bridgehead atoms. The zero-order chi connectivity index (χ0) is 21.9. The minimum atomic E-state index is -5.62. The normalized spacial score (nSPS) is 17.2. The number of aliphatic hydroxyl groups excluding tert-OH is 1. The minimum Gasteiger partial charge on any atom is -0.392 e. The fourth-order valence-corrected chi connectivity index (χ4v) is 4.89. The molecular formula is C10H16N5O11P3. The molecule has 0 aromatic carbocycles. The second kappa shape index (κ2) is 9.08. The van der Waals surface area contributed by atoms with E-state index < -0.39 is 36.7 Å².